The number of nitrogens with one attached hydrogen (secondary N) is 1. The Bertz CT molecular complexity index is 946. The number of aliphatic hydroxyl groups excluding tert-OH is 1. The number of fused-ring (bicyclic) bond motifs is 1. The first kappa shape index (κ1) is 18.6. The van der Waals surface area contributed by atoms with Crippen LogP contribution in [0.15, 0.2) is 30.6 Å². The summed E-state index contributed by atoms with van der Waals surface area (Å²) < 4.78 is 10.7. The van der Waals surface area contributed by atoms with Crippen molar-refractivity contribution >= 4 is 16.7 Å². The molecule has 0 bridgehead atoms. The van der Waals surface area contributed by atoms with Crippen molar-refractivity contribution in [1.82, 2.24) is 25.1 Å². The number of likely N-dealkylation sites (N-methyl/N-ethyl adjacent to an activating group) is 1. The molecule has 28 heavy (non-hydrogen) atoms. The van der Waals surface area contributed by atoms with Crippen LogP contribution in [0.4, 0.5) is 5.82 Å². The van der Waals surface area contributed by atoms with Crippen molar-refractivity contribution in [2.45, 2.75) is 6.23 Å². The van der Waals surface area contributed by atoms with Crippen molar-refractivity contribution in [1.29, 1.82) is 0 Å². The second kappa shape index (κ2) is 8.09. The van der Waals surface area contributed by atoms with Crippen molar-refractivity contribution in [2.75, 3.05) is 51.9 Å². The summed E-state index contributed by atoms with van der Waals surface area (Å²) in [6.07, 6.45) is 1.03. The van der Waals surface area contributed by atoms with Crippen LogP contribution < -0.4 is 9.64 Å². The van der Waals surface area contributed by atoms with Crippen LogP contribution in [0, 0.1) is 0 Å². The number of ether oxygens (including phenoxy) is 2. The third-order valence-electron chi connectivity index (χ3n) is 4.92. The minimum atomic E-state index is -0.509. The summed E-state index contributed by atoms with van der Waals surface area (Å²) in [5, 5.41) is 18.5. The maximum atomic E-state index is 10.1. The minimum Gasteiger partial charge on any atom is -0.491 e. The van der Waals surface area contributed by atoms with Crippen LogP contribution >= 0.6 is 0 Å². The van der Waals surface area contributed by atoms with Crippen molar-refractivity contribution in [3.63, 3.8) is 0 Å². The quantitative estimate of drug-likeness (QED) is 0.610. The van der Waals surface area contributed by atoms with E-state index in [4.69, 9.17) is 9.47 Å². The van der Waals surface area contributed by atoms with Crippen LogP contribution in [0.3, 0.4) is 0 Å². The van der Waals surface area contributed by atoms with Gasteiger partial charge in [0.15, 0.2) is 0 Å². The molecule has 0 saturated carbocycles. The first-order valence-corrected chi connectivity index (χ1v) is 9.21. The van der Waals surface area contributed by atoms with E-state index in [-0.39, 0.29) is 0 Å². The fourth-order valence-corrected chi connectivity index (χ4v) is 3.23. The van der Waals surface area contributed by atoms with Crippen LogP contribution in [0.1, 0.15) is 0 Å². The highest BCUT2D eigenvalue weighted by atomic mass is 16.5. The van der Waals surface area contributed by atoms with Gasteiger partial charge in [0.25, 0.3) is 0 Å². The first-order valence-electron chi connectivity index (χ1n) is 9.21. The molecule has 1 fully saturated rings. The lowest BCUT2D eigenvalue weighted by Crippen LogP contribution is -2.51. The van der Waals surface area contributed by atoms with E-state index in [0.29, 0.717) is 19.8 Å². The summed E-state index contributed by atoms with van der Waals surface area (Å²) in [4.78, 5) is 12.8. The van der Waals surface area contributed by atoms with Crippen LogP contribution in [-0.2, 0) is 4.74 Å². The zero-order valence-corrected chi connectivity index (χ0v) is 16.0. The number of anilines is 1. The van der Waals surface area contributed by atoms with Crippen molar-refractivity contribution in [3.05, 3.63) is 30.6 Å². The van der Waals surface area contributed by atoms with Gasteiger partial charge in [-0.15, -0.1) is 0 Å². The number of piperazine rings is 1. The maximum Gasteiger partial charge on any atom is 0.132 e. The summed E-state index contributed by atoms with van der Waals surface area (Å²) in [5.41, 5.74) is 2.37. The van der Waals surface area contributed by atoms with Crippen molar-refractivity contribution in [2.24, 2.45) is 0 Å². The third-order valence-corrected chi connectivity index (χ3v) is 4.92. The Kier molecular flexibility index (Phi) is 5.38. The number of aliphatic hydroxyl groups is 1. The number of aromatic amines is 1. The number of aromatic nitrogens is 4. The molecule has 0 spiro atoms. The van der Waals surface area contributed by atoms with Gasteiger partial charge >= 0.3 is 0 Å². The number of H-pyrrole nitrogens is 1. The molecular weight excluding hydrogens is 360 g/mol. The Morgan fingerprint density at radius 2 is 2.11 bits per heavy atom. The van der Waals surface area contributed by atoms with Gasteiger partial charge in [0.2, 0.25) is 0 Å². The Labute approximate surface area is 162 Å². The van der Waals surface area contributed by atoms with E-state index in [1.165, 1.54) is 6.33 Å². The van der Waals surface area contributed by atoms with Crippen LogP contribution in [0.2, 0.25) is 0 Å². The number of hydrogen-bond acceptors (Lipinski definition) is 8. The van der Waals surface area contributed by atoms with Gasteiger partial charge in [0.1, 0.15) is 36.4 Å². The molecule has 0 unspecified atom stereocenters. The predicted molar refractivity (Wildman–Crippen MR) is 105 cm³/mol. The van der Waals surface area contributed by atoms with E-state index in [1.807, 2.05) is 36.2 Å². The van der Waals surface area contributed by atoms with Crippen LogP contribution in [0.25, 0.3) is 22.3 Å². The summed E-state index contributed by atoms with van der Waals surface area (Å²) in [6, 6.07) is 7.70. The standard InChI is InChI=1S/C19H24N6O3/c1-24-5-6-25(11-18(24)26)17-10-16(20-12-21-17)19-14-9-13(28-8-7-27-2)3-4-15(14)22-23-19/h3-4,9-10,12,18,26H,5-8,11H2,1-2H3,(H,22,23)/t18-/m1/s1. The van der Waals surface area contributed by atoms with E-state index < -0.39 is 6.23 Å². The fraction of sp³-hybridized carbons (Fsp3) is 0.421. The minimum absolute atomic E-state index is 0.485. The molecule has 1 atom stereocenters. The largest absolute Gasteiger partial charge is 0.491 e. The zero-order chi connectivity index (χ0) is 19.5. The highest BCUT2D eigenvalue weighted by Gasteiger charge is 2.23. The van der Waals surface area contributed by atoms with Gasteiger partial charge in [-0.25, -0.2) is 9.97 Å². The van der Waals surface area contributed by atoms with Crippen molar-refractivity contribution < 1.29 is 14.6 Å². The first-order chi connectivity index (χ1) is 13.7. The normalized spacial score (nSPS) is 18.0. The molecule has 1 aliphatic heterocycles. The number of β-amino-alcohol motifs (C(OH)–C–C–N with tert-alkyl or cyclic N) is 1. The second-order valence-electron chi connectivity index (χ2n) is 6.79. The SMILES string of the molecule is COCCOc1ccc2[nH]nc(-c3cc(N4CCN(C)[C@H](O)C4)ncn3)c2c1. The molecule has 3 aromatic rings. The predicted octanol–water partition coefficient (Wildman–Crippen LogP) is 1.12. The van der Waals surface area contributed by atoms with Crippen molar-refractivity contribution in [3.8, 4) is 17.1 Å². The average Bonchev–Trinajstić information content (AvgIpc) is 3.14. The molecule has 1 saturated heterocycles. The van der Waals surface area contributed by atoms with E-state index >= 15 is 0 Å². The number of rotatable bonds is 6. The summed E-state index contributed by atoms with van der Waals surface area (Å²) in [5.74, 6) is 1.53. The van der Waals surface area contributed by atoms with Crippen LogP contribution in [0.5, 0.6) is 5.75 Å². The van der Waals surface area contributed by atoms with Gasteiger partial charge in [-0.05, 0) is 25.2 Å². The molecule has 148 valence electrons. The summed E-state index contributed by atoms with van der Waals surface area (Å²) in [6.45, 7) is 3.09. The maximum absolute atomic E-state index is 10.1. The lowest BCUT2D eigenvalue weighted by atomic mass is 10.1. The monoisotopic (exact) mass is 384 g/mol. The van der Waals surface area contributed by atoms with E-state index in [0.717, 1.165) is 46.9 Å². The number of methoxy groups -OCH3 is 1. The Morgan fingerprint density at radius 3 is 2.93 bits per heavy atom. The van der Waals surface area contributed by atoms with E-state index in [1.54, 1.807) is 7.11 Å². The summed E-state index contributed by atoms with van der Waals surface area (Å²) in [7, 11) is 3.56. The highest BCUT2D eigenvalue weighted by Crippen LogP contribution is 2.29. The zero-order valence-electron chi connectivity index (χ0n) is 16.0. The molecule has 0 aliphatic carbocycles. The molecule has 9 nitrogen and oxygen atoms in total. The van der Waals surface area contributed by atoms with Gasteiger partial charge < -0.3 is 19.5 Å². The fourth-order valence-electron chi connectivity index (χ4n) is 3.23. The number of benzene rings is 1. The molecule has 2 N–H and O–H groups in total. The van der Waals surface area contributed by atoms with Gasteiger partial charge in [-0.3, -0.25) is 10.00 Å². The highest BCUT2D eigenvalue weighted by molar-refractivity contribution is 5.93. The second-order valence-corrected chi connectivity index (χ2v) is 6.79. The van der Waals surface area contributed by atoms with E-state index in [2.05, 4.69) is 25.1 Å². The van der Waals surface area contributed by atoms with E-state index in [9.17, 15) is 5.11 Å². The molecule has 3 heterocycles. The lowest BCUT2D eigenvalue weighted by molar-refractivity contribution is 0.0151. The molecule has 1 aromatic carbocycles. The molecule has 2 aromatic heterocycles. The number of hydrogen-bond donors (Lipinski definition) is 2. The van der Waals surface area contributed by atoms with Gasteiger partial charge in [-0.2, -0.15) is 5.10 Å². The average molecular weight is 384 g/mol. The number of nitrogens with zero attached hydrogens (tertiary/aromatic N) is 5. The molecule has 1 aliphatic rings. The molecular formula is C19H24N6O3. The Hall–Kier alpha value is -2.75. The molecule has 0 radical (unpaired) electrons. The third kappa shape index (κ3) is 3.77. The molecule has 0 amide bonds. The topological polar surface area (TPSA) is 99.6 Å². The molecule has 9 heteroatoms. The van der Waals surface area contributed by atoms with Gasteiger partial charge in [-0.1, -0.05) is 0 Å². The lowest BCUT2D eigenvalue weighted by Gasteiger charge is -2.37. The van der Waals surface area contributed by atoms with Crippen LogP contribution in [-0.4, -0.2) is 83.4 Å². The summed E-state index contributed by atoms with van der Waals surface area (Å²) >= 11 is 0. The smallest absolute Gasteiger partial charge is 0.132 e. The molecule has 4 rings (SSSR count). The van der Waals surface area contributed by atoms with Gasteiger partial charge in [0, 0.05) is 31.7 Å². The van der Waals surface area contributed by atoms with Gasteiger partial charge in [0.05, 0.1) is 24.4 Å². The Morgan fingerprint density at radius 1 is 1.21 bits per heavy atom. The Balaban J connectivity index is 1.62.